The second kappa shape index (κ2) is 14.8. The van der Waals surface area contributed by atoms with E-state index in [2.05, 4.69) is 0 Å². The Balaban J connectivity index is 2.41. The summed E-state index contributed by atoms with van der Waals surface area (Å²) in [6, 6.07) is 10.9. The molecule has 0 aromatic heterocycles. The number of benzene rings is 2. The van der Waals surface area contributed by atoms with E-state index in [1.54, 1.807) is 45.2 Å². The fourth-order valence-corrected chi connectivity index (χ4v) is 5.58. The van der Waals surface area contributed by atoms with Gasteiger partial charge in [0, 0.05) is 12.7 Å². The van der Waals surface area contributed by atoms with Gasteiger partial charge < -0.3 is 34.7 Å². The Morgan fingerprint density at radius 1 is 0.979 bits per heavy atom. The minimum Gasteiger partial charge on any atom is -0.497 e. The topological polar surface area (TPSA) is 155 Å². The molecule has 48 heavy (non-hydrogen) atoms. The standard InChI is InChI=1S/C36H47FN2O9/c1-9-20-46-27-14-10-12-23-13-11-19-39(29(23)27)22-35(24-15-17-25(45-8)18-16-24,30(41)26(37)21-28(40)47-33(2,3)4)36(38,31(42)43)32(44)48-34(5,6)7/h10-12,14-19,26H,9,13,20-22,38H2,1-8H3,(H,42,43)/t26?,35?,36-/m0/s1. The number of ether oxygens (including phenoxy) is 4. The summed E-state index contributed by atoms with van der Waals surface area (Å²) in [5, 5.41) is 10.9. The first kappa shape index (κ1) is 38.0. The minimum atomic E-state index is -3.23. The van der Waals surface area contributed by atoms with Crippen LogP contribution in [-0.4, -0.2) is 72.0 Å². The number of esters is 2. The number of para-hydroxylation sites is 1. The number of aliphatic carboxylic acids is 1. The summed E-state index contributed by atoms with van der Waals surface area (Å²) in [5.41, 5.74) is -0.360. The second-order valence-corrected chi connectivity index (χ2v) is 13.7. The fourth-order valence-electron chi connectivity index (χ4n) is 5.58. The average molecular weight is 671 g/mol. The maximum absolute atomic E-state index is 16.5. The molecular formula is C36H47FN2O9. The molecule has 12 heteroatoms. The number of Topliss-reactive ketones (excluding diaryl/α,β-unsaturated/α-hetero) is 1. The SMILES string of the molecule is CCCOc1cccc2c1N(CC(C(=O)C(F)CC(=O)OC(C)(C)C)(c1ccc(OC)cc1)[C@](N)(C(=O)O)C(=O)OC(C)(C)C)C=CC2. The maximum Gasteiger partial charge on any atom is 0.339 e. The zero-order valence-electron chi connectivity index (χ0n) is 28.9. The van der Waals surface area contributed by atoms with Gasteiger partial charge in [0.2, 0.25) is 5.54 Å². The lowest BCUT2D eigenvalue weighted by molar-refractivity contribution is -0.175. The summed E-state index contributed by atoms with van der Waals surface area (Å²) < 4.78 is 38.7. The zero-order valence-corrected chi connectivity index (χ0v) is 28.9. The number of anilines is 1. The first-order chi connectivity index (χ1) is 22.3. The van der Waals surface area contributed by atoms with Crippen molar-refractivity contribution in [2.75, 3.05) is 25.2 Å². The van der Waals surface area contributed by atoms with Crippen LogP contribution >= 0.6 is 0 Å². The van der Waals surface area contributed by atoms with E-state index in [9.17, 15) is 24.3 Å². The number of nitrogens with two attached hydrogens (primary N) is 1. The number of nitrogens with zero attached hydrogens (tertiary/aromatic N) is 1. The van der Waals surface area contributed by atoms with Gasteiger partial charge in [0.25, 0.3) is 0 Å². The quantitative estimate of drug-likeness (QED) is 0.205. The van der Waals surface area contributed by atoms with E-state index >= 15 is 4.39 Å². The van der Waals surface area contributed by atoms with E-state index in [1.807, 2.05) is 13.0 Å². The summed E-state index contributed by atoms with van der Waals surface area (Å²) in [4.78, 5) is 56.7. The van der Waals surface area contributed by atoms with Gasteiger partial charge in [0.15, 0.2) is 12.0 Å². The van der Waals surface area contributed by atoms with Crippen molar-refractivity contribution in [1.29, 1.82) is 0 Å². The molecule has 0 saturated heterocycles. The van der Waals surface area contributed by atoms with Crippen molar-refractivity contribution >= 4 is 29.4 Å². The van der Waals surface area contributed by atoms with E-state index in [-0.39, 0.29) is 5.56 Å². The number of hydrogen-bond donors (Lipinski definition) is 2. The highest BCUT2D eigenvalue weighted by molar-refractivity contribution is 6.14. The molecular weight excluding hydrogens is 623 g/mol. The second-order valence-electron chi connectivity index (χ2n) is 13.7. The molecule has 2 aromatic carbocycles. The number of carbonyl (C=O) groups excluding carboxylic acids is 3. The van der Waals surface area contributed by atoms with Crippen LogP contribution in [0.15, 0.2) is 54.7 Å². The summed E-state index contributed by atoms with van der Waals surface area (Å²) in [6.45, 7) is 10.9. The summed E-state index contributed by atoms with van der Waals surface area (Å²) in [5.74, 6) is -5.13. The number of fused-ring (bicyclic) bond motifs is 1. The molecule has 0 radical (unpaired) electrons. The van der Waals surface area contributed by atoms with E-state index in [1.165, 1.54) is 57.0 Å². The summed E-state index contributed by atoms with van der Waals surface area (Å²) >= 11 is 0. The fraction of sp³-hybridized carbons (Fsp3) is 0.500. The Morgan fingerprint density at radius 3 is 2.15 bits per heavy atom. The lowest BCUT2D eigenvalue weighted by Gasteiger charge is -2.47. The monoisotopic (exact) mass is 670 g/mol. The van der Waals surface area contributed by atoms with E-state index in [0.29, 0.717) is 36.6 Å². The first-order valence-electron chi connectivity index (χ1n) is 15.8. The van der Waals surface area contributed by atoms with Gasteiger partial charge in [-0.25, -0.2) is 14.0 Å². The molecule has 11 nitrogen and oxygen atoms in total. The third kappa shape index (κ3) is 8.15. The van der Waals surface area contributed by atoms with Crippen molar-refractivity contribution in [1.82, 2.24) is 0 Å². The number of halogens is 1. The van der Waals surface area contributed by atoms with Gasteiger partial charge in [-0.3, -0.25) is 9.59 Å². The molecule has 0 fully saturated rings. The zero-order chi connectivity index (χ0) is 36.1. The lowest BCUT2D eigenvalue weighted by Crippen LogP contribution is -2.75. The van der Waals surface area contributed by atoms with Gasteiger partial charge in [-0.2, -0.15) is 0 Å². The van der Waals surface area contributed by atoms with Gasteiger partial charge in [-0.15, -0.1) is 0 Å². The van der Waals surface area contributed by atoms with Crippen LogP contribution in [0.2, 0.25) is 0 Å². The number of rotatable bonds is 14. The van der Waals surface area contributed by atoms with Crippen LogP contribution in [0, 0.1) is 0 Å². The molecule has 3 rings (SSSR count). The Hall–Kier alpha value is -4.45. The summed E-state index contributed by atoms with van der Waals surface area (Å²) in [6.07, 6.45) is 0.828. The van der Waals surface area contributed by atoms with Gasteiger partial charge in [0.1, 0.15) is 28.1 Å². The summed E-state index contributed by atoms with van der Waals surface area (Å²) in [7, 11) is 1.41. The van der Waals surface area contributed by atoms with Crippen molar-refractivity contribution in [3.05, 3.63) is 65.9 Å². The molecule has 262 valence electrons. The Labute approximate surface area is 281 Å². The number of alkyl halides is 1. The number of hydrogen-bond acceptors (Lipinski definition) is 10. The number of ketones is 1. The highest BCUT2D eigenvalue weighted by atomic mass is 19.1. The molecule has 1 aliphatic heterocycles. The predicted molar refractivity (Wildman–Crippen MR) is 178 cm³/mol. The smallest absolute Gasteiger partial charge is 0.339 e. The molecule has 2 unspecified atom stereocenters. The molecule has 3 N–H and O–H groups in total. The van der Waals surface area contributed by atoms with Crippen LogP contribution in [0.5, 0.6) is 11.5 Å². The lowest BCUT2D eigenvalue weighted by atomic mass is 9.60. The molecule has 0 saturated carbocycles. The highest BCUT2D eigenvalue weighted by Crippen LogP contribution is 2.45. The van der Waals surface area contributed by atoms with Crippen LogP contribution in [0.4, 0.5) is 10.1 Å². The van der Waals surface area contributed by atoms with Crippen molar-refractivity contribution in [3.63, 3.8) is 0 Å². The normalized spacial score (nSPS) is 16.1. The molecule has 0 amide bonds. The van der Waals surface area contributed by atoms with Gasteiger partial charge in [0.05, 0.1) is 25.8 Å². The van der Waals surface area contributed by atoms with E-state index < -0.39 is 65.0 Å². The molecule has 1 aliphatic rings. The number of methoxy groups -OCH3 is 1. The molecule has 1 heterocycles. The molecule has 0 aliphatic carbocycles. The van der Waals surface area contributed by atoms with Gasteiger partial charge >= 0.3 is 17.9 Å². The van der Waals surface area contributed by atoms with Gasteiger partial charge in [-0.05, 0) is 83.7 Å². The number of carbonyl (C=O) groups is 4. The molecule has 0 spiro atoms. The van der Waals surface area contributed by atoms with Crippen molar-refractivity contribution in [2.45, 2.75) is 96.1 Å². The third-order valence-electron chi connectivity index (χ3n) is 7.65. The van der Waals surface area contributed by atoms with E-state index in [0.717, 1.165) is 5.56 Å². The number of carboxylic acids is 1. The Kier molecular flexibility index (Phi) is 11.7. The molecule has 2 aromatic rings. The van der Waals surface area contributed by atoms with Gasteiger partial charge in [-0.1, -0.05) is 37.3 Å². The number of allylic oxidation sites excluding steroid dienone is 1. The van der Waals surface area contributed by atoms with Crippen LogP contribution in [0.3, 0.4) is 0 Å². The largest absolute Gasteiger partial charge is 0.497 e. The van der Waals surface area contributed by atoms with Crippen LogP contribution in [0.1, 0.15) is 72.4 Å². The van der Waals surface area contributed by atoms with Crippen molar-refractivity contribution in [3.8, 4) is 11.5 Å². The maximum atomic E-state index is 16.5. The Morgan fingerprint density at radius 2 is 1.60 bits per heavy atom. The Bertz CT molecular complexity index is 1530. The van der Waals surface area contributed by atoms with Crippen LogP contribution in [0.25, 0.3) is 0 Å². The van der Waals surface area contributed by atoms with Crippen LogP contribution in [-0.2, 0) is 40.5 Å². The molecule has 3 atom stereocenters. The number of carboxylic acid groups (broad SMARTS) is 1. The third-order valence-corrected chi connectivity index (χ3v) is 7.65. The van der Waals surface area contributed by atoms with Crippen LogP contribution < -0.4 is 20.1 Å². The molecule has 0 bridgehead atoms. The highest BCUT2D eigenvalue weighted by Gasteiger charge is 2.68. The van der Waals surface area contributed by atoms with E-state index in [4.69, 9.17) is 24.7 Å². The predicted octanol–water partition coefficient (Wildman–Crippen LogP) is 5.06. The average Bonchev–Trinajstić information content (AvgIpc) is 2.99. The minimum absolute atomic E-state index is 0.122. The van der Waals surface area contributed by atoms with Crippen molar-refractivity contribution in [2.24, 2.45) is 5.73 Å². The van der Waals surface area contributed by atoms with Crippen molar-refractivity contribution < 1.29 is 47.6 Å². The first-order valence-corrected chi connectivity index (χ1v) is 15.8.